The molecular weight excluding hydrogens is 218 g/mol. The average molecular weight is 239 g/mol. The van der Waals surface area contributed by atoms with Gasteiger partial charge >= 0.3 is 5.97 Å². The lowest BCUT2D eigenvalue weighted by molar-refractivity contribution is -0.148. The molecule has 0 aromatic carbocycles. The number of amides is 1. The van der Waals surface area contributed by atoms with E-state index < -0.39 is 12.0 Å². The SMILES string of the molecule is CC(C)(C)CC(=O)N1CC2(CC2)C[C@H]1C(=O)O. The minimum absolute atomic E-state index is 0.00586. The van der Waals surface area contributed by atoms with E-state index in [1.807, 2.05) is 20.8 Å². The van der Waals surface area contributed by atoms with Gasteiger partial charge in [0.1, 0.15) is 6.04 Å². The molecule has 0 bridgehead atoms. The van der Waals surface area contributed by atoms with Gasteiger partial charge in [0.25, 0.3) is 0 Å². The van der Waals surface area contributed by atoms with Crippen molar-refractivity contribution in [3.05, 3.63) is 0 Å². The molecule has 0 unspecified atom stereocenters. The van der Waals surface area contributed by atoms with Crippen LogP contribution in [0.1, 0.15) is 46.5 Å². The van der Waals surface area contributed by atoms with Crippen molar-refractivity contribution in [1.29, 1.82) is 0 Å². The first-order valence-corrected chi connectivity index (χ1v) is 6.25. The van der Waals surface area contributed by atoms with Gasteiger partial charge in [-0.25, -0.2) is 4.79 Å². The molecule has 1 saturated carbocycles. The Hall–Kier alpha value is -1.06. The standard InChI is InChI=1S/C13H21NO3/c1-12(2,3)7-10(15)14-8-13(4-5-13)6-9(14)11(16)17/h9H,4-8H2,1-3H3,(H,16,17)/t9-/m0/s1. The topological polar surface area (TPSA) is 57.6 Å². The van der Waals surface area contributed by atoms with Crippen molar-refractivity contribution in [3.63, 3.8) is 0 Å². The maximum absolute atomic E-state index is 12.2. The van der Waals surface area contributed by atoms with Gasteiger partial charge in [-0.3, -0.25) is 4.79 Å². The summed E-state index contributed by atoms with van der Waals surface area (Å²) in [5, 5.41) is 9.20. The number of carbonyl (C=O) groups excluding carboxylic acids is 1. The van der Waals surface area contributed by atoms with Crippen molar-refractivity contribution in [2.45, 2.75) is 52.5 Å². The van der Waals surface area contributed by atoms with Gasteiger partial charge in [0.05, 0.1) is 0 Å². The molecule has 2 rings (SSSR count). The van der Waals surface area contributed by atoms with Crippen LogP contribution in [-0.4, -0.2) is 34.5 Å². The Morgan fingerprint density at radius 2 is 1.94 bits per heavy atom. The molecule has 1 N–H and O–H groups in total. The molecule has 4 heteroatoms. The summed E-state index contributed by atoms with van der Waals surface area (Å²) in [7, 11) is 0. The maximum Gasteiger partial charge on any atom is 0.326 e. The molecular formula is C13H21NO3. The second-order valence-electron chi connectivity index (χ2n) is 6.82. The molecule has 1 aliphatic carbocycles. The van der Waals surface area contributed by atoms with Crippen molar-refractivity contribution < 1.29 is 14.7 Å². The molecule has 1 saturated heterocycles. The summed E-state index contributed by atoms with van der Waals surface area (Å²) in [5.41, 5.74) is 0.0655. The van der Waals surface area contributed by atoms with E-state index in [0.29, 0.717) is 19.4 Å². The second-order valence-corrected chi connectivity index (χ2v) is 6.82. The van der Waals surface area contributed by atoms with Gasteiger partial charge in [-0.1, -0.05) is 20.8 Å². The molecule has 0 radical (unpaired) electrons. The number of likely N-dealkylation sites (tertiary alicyclic amines) is 1. The van der Waals surface area contributed by atoms with E-state index in [4.69, 9.17) is 0 Å². The minimum Gasteiger partial charge on any atom is -0.480 e. The second kappa shape index (κ2) is 3.72. The van der Waals surface area contributed by atoms with Gasteiger partial charge < -0.3 is 10.0 Å². The van der Waals surface area contributed by atoms with Crippen LogP contribution in [0.2, 0.25) is 0 Å². The molecule has 96 valence electrons. The van der Waals surface area contributed by atoms with Gasteiger partial charge in [-0.15, -0.1) is 0 Å². The number of carboxylic acid groups (broad SMARTS) is 1. The smallest absolute Gasteiger partial charge is 0.326 e. The van der Waals surface area contributed by atoms with Gasteiger partial charge in [0.2, 0.25) is 5.91 Å². The highest BCUT2D eigenvalue weighted by Gasteiger charge is 2.55. The van der Waals surface area contributed by atoms with Crippen LogP contribution in [0, 0.1) is 10.8 Å². The van der Waals surface area contributed by atoms with Gasteiger partial charge in [0, 0.05) is 13.0 Å². The summed E-state index contributed by atoms with van der Waals surface area (Å²) in [6.45, 7) is 6.66. The Morgan fingerprint density at radius 3 is 2.35 bits per heavy atom. The molecule has 0 aromatic rings. The number of carboxylic acids is 1. The molecule has 1 atom stereocenters. The normalized spacial score (nSPS) is 26.3. The number of hydrogen-bond acceptors (Lipinski definition) is 2. The summed E-state index contributed by atoms with van der Waals surface area (Å²) in [4.78, 5) is 25.0. The van der Waals surface area contributed by atoms with Crippen LogP contribution in [0.25, 0.3) is 0 Å². The number of aliphatic carboxylic acids is 1. The lowest BCUT2D eigenvalue weighted by Gasteiger charge is -2.26. The zero-order valence-electron chi connectivity index (χ0n) is 10.8. The lowest BCUT2D eigenvalue weighted by atomic mass is 9.91. The Kier molecular flexibility index (Phi) is 2.71. The molecule has 1 spiro atoms. The van der Waals surface area contributed by atoms with Gasteiger partial charge in [-0.2, -0.15) is 0 Å². The highest BCUT2D eigenvalue weighted by Crippen LogP contribution is 2.55. The van der Waals surface area contributed by atoms with Crippen molar-refractivity contribution in [2.24, 2.45) is 10.8 Å². The largest absolute Gasteiger partial charge is 0.480 e. The number of nitrogens with zero attached hydrogens (tertiary/aromatic N) is 1. The fourth-order valence-corrected chi connectivity index (χ4v) is 2.63. The number of hydrogen-bond donors (Lipinski definition) is 1. The van der Waals surface area contributed by atoms with E-state index in [1.54, 1.807) is 4.90 Å². The molecule has 17 heavy (non-hydrogen) atoms. The van der Waals surface area contributed by atoms with Crippen LogP contribution in [0.15, 0.2) is 0 Å². The molecule has 1 heterocycles. The zero-order chi connectivity index (χ0) is 12.8. The first kappa shape index (κ1) is 12.4. The molecule has 1 amide bonds. The van der Waals surface area contributed by atoms with E-state index in [-0.39, 0.29) is 16.7 Å². The molecule has 2 fully saturated rings. The average Bonchev–Trinajstić information content (AvgIpc) is 2.73. The van der Waals surface area contributed by atoms with Crippen LogP contribution in [-0.2, 0) is 9.59 Å². The summed E-state index contributed by atoms with van der Waals surface area (Å²) in [6, 6.07) is -0.590. The van der Waals surface area contributed by atoms with Gasteiger partial charge in [-0.05, 0) is 30.1 Å². The zero-order valence-corrected chi connectivity index (χ0v) is 10.8. The Morgan fingerprint density at radius 1 is 1.35 bits per heavy atom. The van der Waals surface area contributed by atoms with E-state index in [2.05, 4.69) is 0 Å². The van der Waals surface area contributed by atoms with Crippen molar-refractivity contribution >= 4 is 11.9 Å². The van der Waals surface area contributed by atoms with Crippen LogP contribution < -0.4 is 0 Å². The lowest BCUT2D eigenvalue weighted by Crippen LogP contribution is -2.41. The van der Waals surface area contributed by atoms with Crippen LogP contribution >= 0.6 is 0 Å². The predicted molar refractivity (Wildman–Crippen MR) is 63.5 cm³/mol. The summed E-state index contributed by atoms with van der Waals surface area (Å²) in [6.07, 6.45) is 3.23. The highest BCUT2D eigenvalue weighted by atomic mass is 16.4. The fraction of sp³-hybridized carbons (Fsp3) is 0.846. The third-order valence-electron chi connectivity index (χ3n) is 3.75. The van der Waals surface area contributed by atoms with Crippen LogP contribution in [0.4, 0.5) is 0 Å². The van der Waals surface area contributed by atoms with Crippen molar-refractivity contribution in [1.82, 2.24) is 4.90 Å². The highest BCUT2D eigenvalue weighted by molar-refractivity contribution is 5.85. The van der Waals surface area contributed by atoms with Gasteiger partial charge in [0.15, 0.2) is 0 Å². The van der Waals surface area contributed by atoms with Crippen molar-refractivity contribution in [2.75, 3.05) is 6.54 Å². The molecule has 0 aromatic heterocycles. The van der Waals surface area contributed by atoms with E-state index in [0.717, 1.165) is 12.8 Å². The monoisotopic (exact) mass is 239 g/mol. The first-order chi connectivity index (χ1) is 7.72. The van der Waals surface area contributed by atoms with Crippen LogP contribution in [0.3, 0.4) is 0 Å². The first-order valence-electron chi connectivity index (χ1n) is 6.25. The number of rotatable bonds is 2. The van der Waals surface area contributed by atoms with E-state index in [9.17, 15) is 14.7 Å². The molecule has 1 aliphatic heterocycles. The summed E-state index contributed by atoms with van der Waals surface area (Å²) < 4.78 is 0. The third kappa shape index (κ3) is 2.61. The fourth-order valence-electron chi connectivity index (χ4n) is 2.63. The summed E-state index contributed by atoms with van der Waals surface area (Å²) >= 11 is 0. The minimum atomic E-state index is -0.851. The Bertz CT molecular complexity index is 352. The quantitative estimate of drug-likeness (QED) is 0.800. The Labute approximate surface area is 102 Å². The van der Waals surface area contributed by atoms with Crippen LogP contribution in [0.5, 0.6) is 0 Å². The molecule has 4 nitrogen and oxygen atoms in total. The predicted octanol–water partition coefficient (Wildman–Crippen LogP) is 1.89. The molecule has 2 aliphatic rings. The third-order valence-corrected chi connectivity index (χ3v) is 3.75. The number of carbonyl (C=O) groups is 2. The van der Waals surface area contributed by atoms with E-state index >= 15 is 0 Å². The van der Waals surface area contributed by atoms with E-state index in [1.165, 1.54) is 0 Å². The maximum atomic E-state index is 12.2. The Balaban J connectivity index is 2.08. The van der Waals surface area contributed by atoms with Crippen molar-refractivity contribution in [3.8, 4) is 0 Å². The summed E-state index contributed by atoms with van der Waals surface area (Å²) in [5.74, 6) is -0.857.